The Balaban J connectivity index is 1.63. The standard InChI is InChI=1S/C22H28N4O2/c1-4-17(3)24-21(27)18-13-19(15-23-14-18)22(28)26-10-8-25(9-11-26)20-7-5-6-16(2)12-20/h5-7,12-15,17H,4,8-11H2,1-3H3,(H,24,27). The third-order valence-electron chi connectivity index (χ3n) is 5.17. The van der Waals surface area contributed by atoms with E-state index < -0.39 is 0 Å². The second-order valence-corrected chi connectivity index (χ2v) is 7.36. The van der Waals surface area contributed by atoms with E-state index in [4.69, 9.17) is 0 Å². The van der Waals surface area contributed by atoms with Crippen LogP contribution in [0.1, 0.15) is 46.5 Å². The number of rotatable bonds is 5. The normalized spacial score (nSPS) is 15.2. The average molecular weight is 380 g/mol. The van der Waals surface area contributed by atoms with Gasteiger partial charge < -0.3 is 15.1 Å². The topological polar surface area (TPSA) is 65.5 Å². The molecule has 1 fully saturated rings. The highest BCUT2D eigenvalue weighted by Gasteiger charge is 2.23. The molecule has 28 heavy (non-hydrogen) atoms. The molecule has 1 saturated heterocycles. The Morgan fingerprint density at radius 3 is 2.50 bits per heavy atom. The molecule has 148 valence electrons. The summed E-state index contributed by atoms with van der Waals surface area (Å²) in [5.41, 5.74) is 3.30. The fourth-order valence-corrected chi connectivity index (χ4v) is 3.27. The molecule has 1 aromatic carbocycles. The second kappa shape index (κ2) is 8.87. The van der Waals surface area contributed by atoms with E-state index in [1.807, 2.05) is 18.7 Å². The van der Waals surface area contributed by atoms with E-state index in [-0.39, 0.29) is 17.9 Å². The summed E-state index contributed by atoms with van der Waals surface area (Å²) in [6.45, 7) is 8.92. The molecule has 0 saturated carbocycles. The van der Waals surface area contributed by atoms with Gasteiger partial charge in [-0.05, 0) is 44.0 Å². The lowest BCUT2D eigenvalue weighted by atomic mass is 10.1. The van der Waals surface area contributed by atoms with Gasteiger partial charge in [-0.25, -0.2) is 0 Å². The SMILES string of the molecule is CCC(C)NC(=O)c1cncc(C(=O)N2CCN(c3cccc(C)c3)CC2)c1. The third kappa shape index (κ3) is 4.68. The molecule has 3 rings (SSSR count). The average Bonchev–Trinajstić information content (AvgIpc) is 2.73. The van der Waals surface area contributed by atoms with E-state index in [0.717, 1.165) is 19.5 Å². The van der Waals surface area contributed by atoms with Crippen molar-refractivity contribution in [3.05, 3.63) is 59.4 Å². The lowest BCUT2D eigenvalue weighted by Gasteiger charge is -2.36. The third-order valence-corrected chi connectivity index (χ3v) is 5.17. The van der Waals surface area contributed by atoms with Crippen LogP contribution < -0.4 is 10.2 Å². The van der Waals surface area contributed by atoms with Crippen LogP contribution in [-0.4, -0.2) is 53.9 Å². The number of anilines is 1. The molecule has 1 aliphatic heterocycles. The summed E-state index contributed by atoms with van der Waals surface area (Å²) in [7, 11) is 0. The van der Waals surface area contributed by atoms with Crippen LogP contribution in [0.3, 0.4) is 0 Å². The maximum absolute atomic E-state index is 12.9. The molecule has 1 aromatic heterocycles. The van der Waals surface area contributed by atoms with Crippen molar-refractivity contribution in [1.29, 1.82) is 0 Å². The Kier molecular flexibility index (Phi) is 6.29. The van der Waals surface area contributed by atoms with E-state index in [0.29, 0.717) is 24.2 Å². The zero-order chi connectivity index (χ0) is 20.1. The predicted molar refractivity (Wildman–Crippen MR) is 111 cm³/mol. The van der Waals surface area contributed by atoms with E-state index in [2.05, 4.69) is 46.4 Å². The summed E-state index contributed by atoms with van der Waals surface area (Å²) in [6, 6.07) is 10.1. The van der Waals surface area contributed by atoms with Crippen LogP contribution in [0.5, 0.6) is 0 Å². The van der Waals surface area contributed by atoms with Gasteiger partial charge in [0, 0.05) is 50.3 Å². The van der Waals surface area contributed by atoms with Gasteiger partial charge in [0.1, 0.15) is 0 Å². The summed E-state index contributed by atoms with van der Waals surface area (Å²) in [6.07, 6.45) is 3.89. The van der Waals surface area contributed by atoms with E-state index >= 15 is 0 Å². The number of amides is 2. The van der Waals surface area contributed by atoms with Gasteiger partial charge in [-0.3, -0.25) is 14.6 Å². The van der Waals surface area contributed by atoms with Crippen LogP contribution in [0, 0.1) is 6.92 Å². The minimum atomic E-state index is -0.194. The number of aryl methyl sites for hydroxylation is 1. The quantitative estimate of drug-likeness (QED) is 0.866. The first-order valence-corrected chi connectivity index (χ1v) is 9.84. The minimum Gasteiger partial charge on any atom is -0.368 e. The molecule has 2 amide bonds. The highest BCUT2D eigenvalue weighted by molar-refractivity contribution is 5.99. The van der Waals surface area contributed by atoms with Gasteiger partial charge in [0.2, 0.25) is 0 Å². The molecule has 0 aliphatic carbocycles. The summed E-state index contributed by atoms with van der Waals surface area (Å²) < 4.78 is 0. The number of nitrogens with zero attached hydrogens (tertiary/aromatic N) is 3. The minimum absolute atomic E-state index is 0.0745. The van der Waals surface area contributed by atoms with Crippen molar-refractivity contribution < 1.29 is 9.59 Å². The number of hydrogen-bond acceptors (Lipinski definition) is 4. The van der Waals surface area contributed by atoms with Crippen molar-refractivity contribution >= 4 is 17.5 Å². The number of piperazine rings is 1. The van der Waals surface area contributed by atoms with Crippen LogP contribution in [0.4, 0.5) is 5.69 Å². The Morgan fingerprint density at radius 2 is 1.82 bits per heavy atom. The monoisotopic (exact) mass is 380 g/mol. The molecular weight excluding hydrogens is 352 g/mol. The lowest BCUT2D eigenvalue weighted by molar-refractivity contribution is 0.0746. The molecule has 0 spiro atoms. The molecule has 6 nitrogen and oxygen atoms in total. The molecule has 0 bridgehead atoms. The molecule has 1 N–H and O–H groups in total. The first-order valence-electron chi connectivity index (χ1n) is 9.84. The predicted octanol–water partition coefficient (Wildman–Crippen LogP) is 2.88. The molecule has 1 unspecified atom stereocenters. The van der Waals surface area contributed by atoms with Crippen molar-refractivity contribution in [1.82, 2.24) is 15.2 Å². The number of nitrogens with one attached hydrogen (secondary N) is 1. The molecule has 0 radical (unpaired) electrons. The van der Waals surface area contributed by atoms with E-state index in [9.17, 15) is 9.59 Å². The summed E-state index contributed by atoms with van der Waals surface area (Å²) in [4.78, 5) is 33.4. The van der Waals surface area contributed by atoms with Gasteiger partial charge in [-0.1, -0.05) is 19.1 Å². The van der Waals surface area contributed by atoms with Crippen molar-refractivity contribution in [3.8, 4) is 0 Å². The van der Waals surface area contributed by atoms with E-state index in [1.54, 1.807) is 6.07 Å². The Morgan fingerprint density at radius 1 is 1.11 bits per heavy atom. The number of pyridine rings is 1. The van der Waals surface area contributed by atoms with Gasteiger partial charge >= 0.3 is 0 Å². The second-order valence-electron chi connectivity index (χ2n) is 7.36. The Bertz CT molecular complexity index is 844. The molecular formula is C22H28N4O2. The van der Waals surface area contributed by atoms with Crippen molar-refractivity contribution in [2.45, 2.75) is 33.2 Å². The maximum atomic E-state index is 12.9. The number of benzene rings is 1. The van der Waals surface area contributed by atoms with Crippen LogP contribution >= 0.6 is 0 Å². The van der Waals surface area contributed by atoms with Crippen molar-refractivity contribution in [3.63, 3.8) is 0 Å². The summed E-state index contributed by atoms with van der Waals surface area (Å²) in [5, 5.41) is 2.91. The largest absolute Gasteiger partial charge is 0.368 e. The van der Waals surface area contributed by atoms with Crippen LogP contribution in [0.15, 0.2) is 42.7 Å². The van der Waals surface area contributed by atoms with Gasteiger partial charge in [0.25, 0.3) is 11.8 Å². The fourth-order valence-electron chi connectivity index (χ4n) is 3.27. The van der Waals surface area contributed by atoms with Gasteiger partial charge in [-0.2, -0.15) is 0 Å². The number of carbonyl (C=O) groups is 2. The zero-order valence-electron chi connectivity index (χ0n) is 16.8. The van der Waals surface area contributed by atoms with Crippen LogP contribution in [0.25, 0.3) is 0 Å². The molecule has 2 aromatic rings. The Hall–Kier alpha value is -2.89. The molecule has 2 heterocycles. The first kappa shape index (κ1) is 19.9. The van der Waals surface area contributed by atoms with Crippen LogP contribution in [0.2, 0.25) is 0 Å². The van der Waals surface area contributed by atoms with Gasteiger partial charge in [0.15, 0.2) is 0 Å². The highest BCUT2D eigenvalue weighted by atomic mass is 16.2. The van der Waals surface area contributed by atoms with Crippen LogP contribution in [-0.2, 0) is 0 Å². The number of aromatic nitrogens is 1. The van der Waals surface area contributed by atoms with Gasteiger partial charge in [0.05, 0.1) is 11.1 Å². The zero-order valence-corrected chi connectivity index (χ0v) is 16.8. The molecule has 6 heteroatoms. The van der Waals surface area contributed by atoms with Gasteiger partial charge in [-0.15, -0.1) is 0 Å². The summed E-state index contributed by atoms with van der Waals surface area (Å²) >= 11 is 0. The van der Waals surface area contributed by atoms with Crippen molar-refractivity contribution in [2.75, 3.05) is 31.1 Å². The lowest BCUT2D eigenvalue weighted by Crippen LogP contribution is -2.48. The number of carbonyl (C=O) groups excluding carboxylic acids is 2. The fraction of sp³-hybridized carbons (Fsp3) is 0.409. The number of hydrogen-bond donors (Lipinski definition) is 1. The Labute approximate surface area is 166 Å². The molecule has 1 atom stereocenters. The first-order chi connectivity index (χ1) is 13.5. The maximum Gasteiger partial charge on any atom is 0.255 e. The summed E-state index contributed by atoms with van der Waals surface area (Å²) in [5.74, 6) is -0.268. The van der Waals surface area contributed by atoms with Crippen molar-refractivity contribution in [2.24, 2.45) is 0 Å². The smallest absolute Gasteiger partial charge is 0.255 e. The highest BCUT2D eigenvalue weighted by Crippen LogP contribution is 2.19. The molecule has 1 aliphatic rings. The van der Waals surface area contributed by atoms with E-state index in [1.165, 1.54) is 23.6 Å².